The van der Waals surface area contributed by atoms with E-state index in [1.165, 1.54) is 0 Å². The van der Waals surface area contributed by atoms with Crippen LogP contribution in [0.3, 0.4) is 0 Å². The topological polar surface area (TPSA) is 77.4 Å². The normalized spacial score (nSPS) is 59.0. The summed E-state index contributed by atoms with van der Waals surface area (Å²) in [7, 11) is 0. The Bertz CT molecular complexity index is 633. The van der Waals surface area contributed by atoms with Crippen molar-refractivity contribution in [3.63, 3.8) is 0 Å². The number of hydrogen-bond acceptors (Lipinski definition) is 6. The molecule has 0 aromatic heterocycles. The second-order valence-corrected chi connectivity index (χ2v) is 10.6. The van der Waals surface area contributed by atoms with Gasteiger partial charge in [-0.05, 0) is 31.1 Å². The summed E-state index contributed by atoms with van der Waals surface area (Å²) in [6.07, 6.45) is -0.396. The van der Waals surface area contributed by atoms with Gasteiger partial charge < -0.3 is 29.2 Å². The quantitative estimate of drug-likeness (QED) is 0.757. The summed E-state index contributed by atoms with van der Waals surface area (Å²) >= 11 is 0. The largest absolute Gasteiger partial charge is 0.390 e. The minimum absolute atomic E-state index is 0.0177. The van der Waals surface area contributed by atoms with Gasteiger partial charge in [0.1, 0.15) is 11.7 Å². The van der Waals surface area contributed by atoms with Gasteiger partial charge in [0.2, 0.25) is 0 Å². The van der Waals surface area contributed by atoms with Gasteiger partial charge in [-0.25, -0.2) is 0 Å². The van der Waals surface area contributed by atoms with E-state index < -0.39 is 34.9 Å². The molecule has 5 fully saturated rings. The Morgan fingerprint density at radius 2 is 1.93 bits per heavy atom. The van der Waals surface area contributed by atoms with Crippen molar-refractivity contribution in [2.75, 3.05) is 19.8 Å². The molecule has 6 unspecified atom stereocenters. The fourth-order valence-electron chi connectivity index (χ4n) is 7.78. The third-order valence-corrected chi connectivity index (χ3v) is 8.69. The van der Waals surface area contributed by atoms with Crippen LogP contribution in [-0.4, -0.2) is 66.3 Å². The number of fused-ring (bicyclic) bond motifs is 2. The molecule has 0 amide bonds. The summed E-state index contributed by atoms with van der Waals surface area (Å²) in [4.78, 5) is 0. The molecule has 2 aliphatic carbocycles. The van der Waals surface area contributed by atoms with E-state index in [0.717, 1.165) is 6.42 Å². The van der Waals surface area contributed by atoms with Crippen molar-refractivity contribution in [2.24, 2.45) is 28.1 Å². The number of hydrogen-bond donors (Lipinski definition) is 2. The van der Waals surface area contributed by atoms with Crippen LogP contribution in [0.4, 0.5) is 0 Å². The van der Waals surface area contributed by atoms with Gasteiger partial charge in [0.25, 0.3) is 0 Å². The SMILES string of the molecule is CCOC1C[C@@H](C(C)(C)C)C23C(OC[C@@H]2O)OC2C13CC1OC[C@@H](C)[C@@]12O. The second-order valence-electron chi connectivity index (χ2n) is 10.6. The highest BCUT2D eigenvalue weighted by atomic mass is 16.7. The zero-order valence-electron chi connectivity index (χ0n) is 17.1. The molecule has 3 heterocycles. The van der Waals surface area contributed by atoms with Gasteiger partial charge in [0.15, 0.2) is 6.29 Å². The van der Waals surface area contributed by atoms with Crippen molar-refractivity contribution < 1.29 is 29.2 Å². The zero-order chi connectivity index (χ0) is 19.4. The third-order valence-electron chi connectivity index (χ3n) is 8.69. The average Bonchev–Trinajstić information content (AvgIpc) is 3.28. The Morgan fingerprint density at radius 3 is 2.59 bits per heavy atom. The molecule has 3 aliphatic heterocycles. The maximum Gasteiger partial charge on any atom is 0.167 e. The van der Waals surface area contributed by atoms with Crippen LogP contribution >= 0.6 is 0 Å². The Morgan fingerprint density at radius 1 is 1.19 bits per heavy atom. The van der Waals surface area contributed by atoms with Crippen LogP contribution in [0.25, 0.3) is 0 Å². The second kappa shape index (κ2) is 5.46. The molecule has 2 spiro atoms. The molecule has 0 bridgehead atoms. The van der Waals surface area contributed by atoms with E-state index in [-0.39, 0.29) is 36.1 Å². The van der Waals surface area contributed by atoms with E-state index in [2.05, 4.69) is 20.8 Å². The average molecular weight is 382 g/mol. The summed E-state index contributed by atoms with van der Waals surface area (Å²) in [6.45, 7) is 12.2. The number of rotatable bonds is 2. The highest BCUT2D eigenvalue weighted by Gasteiger charge is 2.88. The van der Waals surface area contributed by atoms with E-state index in [1.54, 1.807) is 0 Å². The number of aliphatic hydroxyl groups is 2. The van der Waals surface area contributed by atoms with Gasteiger partial charge >= 0.3 is 0 Å². The van der Waals surface area contributed by atoms with E-state index in [9.17, 15) is 10.2 Å². The zero-order valence-corrected chi connectivity index (χ0v) is 17.1. The monoisotopic (exact) mass is 382 g/mol. The highest BCUT2D eigenvalue weighted by Crippen LogP contribution is 2.78. The first-order chi connectivity index (χ1) is 12.6. The fraction of sp³-hybridized carbons (Fsp3) is 1.00. The lowest BCUT2D eigenvalue weighted by atomic mass is 9.54. The number of aliphatic hydroxyl groups excluding tert-OH is 1. The molecule has 0 aromatic rings. The van der Waals surface area contributed by atoms with Crippen molar-refractivity contribution in [3.05, 3.63) is 0 Å². The van der Waals surface area contributed by atoms with Crippen LogP contribution in [0, 0.1) is 28.1 Å². The van der Waals surface area contributed by atoms with Gasteiger partial charge in [0, 0.05) is 17.9 Å². The van der Waals surface area contributed by atoms with Crippen molar-refractivity contribution >= 4 is 0 Å². The molecule has 154 valence electrons. The summed E-state index contributed by atoms with van der Waals surface area (Å²) in [5.74, 6) is 0.155. The Kier molecular flexibility index (Phi) is 3.80. The van der Waals surface area contributed by atoms with Crippen LogP contribution in [0.2, 0.25) is 0 Å². The molecule has 2 saturated carbocycles. The van der Waals surface area contributed by atoms with E-state index in [1.807, 2.05) is 13.8 Å². The third kappa shape index (κ3) is 1.85. The smallest absolute Gasteiger partial charge is 0.167 e. The molecule has 0 radical (unpaired) electrons. The number of ether oxygens (including phenoxy) is 4. The van der Waals surface area contributed by atoms with Crippen LogP contribution in [0.1, 0.15) is 47.5 Å². The van der Waals surface area contributed by atoms with Crippen molar-refractivity contribution in [2.45, 2.75) is 83.8 Å². The lowest BCUT2D eigenvalue weighted by Crippen LogP contribution is -2.58. The van der Waals surface area contributed by atoms with Gasteiger partial charge in [0.05, 0.1) is 36.9 Å². The van der Waals surface area contributed by atoms with E-state index in [4.69, 9.17) is 18.9 Å². The molecule has 5 aliphatic rings. The lowest BCUT2D eigenvalue weighted by Gasteiger charge is -2.48. The van der Waals surface area contributed by atoms with Crippen molar-refractivity contribution in [1.29, 1.82) is 0 Å². The maximum atomic E-state index is 11.8. The van der Waals surface area contributed by atoms with Crippen LogP contribution in [0.15, 0.2) is 0 Å². The lowest BCUT2D eigenvalue weighted by molar-refractivity contribution is -0.199. The molecular weight excluding hydrogens is 348 g/mol. The van der Waals surface area contributed by atoms with Gasteiger partial charge in [-0.3, -0.25) is 0 Å². The van der Waals surface area contributed by atoms with Crippen LogP contribution in [-0.2, 0) is 18.9 Å². The van der Waals surface area contributed by atoms with Crippen molar-refractivity contribution in [3.8, 4) is 0 Å². The Balaban J connectivity index is 1.73. The highest BCUT2D eigenvalue weighted by molar-refractivity contribution is 5.33. The summed E-state index contributed by atoms with van der Waals surface area (Å²) < 4.78 is 24.9. The summed E-state index contributed by atoms with van der Waals surface area (Å²) in [6, 6.07) is 0. The molecule has 6 heteroatoms. The van der Waals surface area contributed by atoms with E-state index in [0.29, 0.717) is 19.6 Å². The molecule has 3 saturated heterocycles. The predicted molar refractivity (Wildman–Crippen MR) is 96.9 cm³/mol. The van der Waals surface area contributed by atoms with Gasteiger partial charge in [-0.2, -0.15) is 0 Å². The van der Waals surface area contributed by atoms with Gasteiger partial charge in [-0.1, -0.05) is 27.7 Å². The Hall–Kier alpha value is -0.240. The van der Waals surface area contributed by atoms with Crippen molar-refractivity contribution in [1.82, 2.24) is 0 Å². The first kappa shape index (κ1) is 18.8. The molecule has 10 atom stereocenters. The molecule has 27 heavy (non-hydrogen) atoms. The first-order valence-electron chi connectivity index (χ1n) is 10.6. The van der Waals surface area contributed by atoms with E-state index >= 15 is 0 Å². The van der Waals surface area contributed by atoms with Crippen LogP contribution < -0.4 is 0 Å². The molecule has 2 N–H and O–H groups in total. The molecule has 6 nitrogen and oxygen atoms in total. The van der Waals surface area contributed by atoms with Gasteiger partial charge in [-0.15, -0.1) is 0 Å². The molecular formula is C21H34O6. The maximum absolute atomic E-state index is 11.8. The summed E-state index contributed by atoms with van der Waals surface area (Å²) in [5.41, 5.74) is -2.16. The first-order valence-corrected chi connectivity index (χ1v) is 10.6. The molecule has 5 rings (SSSR count). The minimum atomic E-state index is -1.05. The summed E-state index contributed by atoms with van der Waals surface area (Å²) in [5, 5.41) is 23.1. The fourth-order valence-corrected chi connectivity index (χ4v) is 7.78. The minimum Gasteiger partial charge on any atom is -0.390 e. The van der Waals surface area contributed by atoms with Crippen LogP contribution in [0.5, 0.6) is 0 Å². The Labute approximate surface area is 161 Å². The molecule has 0 aromatic carbocycles. The predicted octanol–water partition coefficient (Wildman–Crippen LogP) is 1.72. The standard InChI is InChI=1S/C21H34O6/c1-6-24-14-7-12(18(3,4)5)20-13(22)10-26-17(20)27-16-19(14,20)8-15-21(16,23)11(2)9-25-15/h11-17,22-23H,6-10H2,1-5H3/t11-,12+,13+,14?,15?,16?,17?,19?,20?,21-/m1/s1.